The molecular weight excluding hydrogens is 138 g/mol. The lowest BCUT2D eigenvalue weighted by Gasteiger charge is -2.29. The van der Waals surface area contributed by atoms with E-state index in [1.807, 2.05) is 24.5 Å². The van der Waals surface area contributed by atoms with Crippen LogP contribution in [-0.4, -0.2) is 30.4 Å². The van der Waals surface area contributed by atoms with Gasteiger partial charge in [0.2, 0.25) is 0 Å². The van der Waals surface area contributed by atoms with Crippen LogP contribution in [0.25, 0.3) is 0 Å². The van der Waals surface area contributed by atoms with Crippen LogP contribution in [0.5, 0.6) is 0 Å². The lowest BCUT2D eigenvalue weighted by Crippen LogP contribution is -2.43. The van der Waals surface area contributed by atoms with Crippen molar-refractivity contribution in [3.63, 3.8) is 0 Å². The van der Waals surface area contributed by atoms with Crippen LogP contribution in [0.2, 0.25) is 0 Å². The van der Waals surface area contributed by atoms with Gasteiger partial charge in [0.15, 0.2) is 0 Å². The maximum atomic E-state index is 4.24. The Hall–Kier alpha value is -0.990. The van der Waals surface area contributed by atoms with Gasteiger partial charge in [0.25, 0.3) is 0 Å². The van der Waals surface area contributed by atoms with Crippen molar-refractivity contribution in [2.24, 2.45) is 11.0 Å². The highest BCUT2D eigenvalue weighted by Crippen LogP contribution is 2.21. The molecule has 1 N–H and O–H groups in total. The van der Waals surface area contributed by atoms with E-state index in [-0.39, 0.29) is 0 Å². The molecule has 11 heavy (non-hydrogen) atoms. The average molecular weight is 151 g/mol. The van der Waals surface area contributed by atoms with E-state index in [1.54, 1.807) is 0 Å². The lowest BCUT2D eigenvalue weighted by atomic mass is 9.92. The largest absolute Gasteiger partial charge is 0.384 e. The number of hydrazone groups is 1. The molecule has 0 radical (unpaired) electrons. The van der Waals surface area contributed by atoms with Crippen LogP contribution in [0.4, 0.5) is 0 Å². The van der Waals surface area contributed by atoms with E-state index in [0.717, 1.165) is 0 Å². The fraction of sp³-hybridized carbons (Fsp3) is 0.625. The second-order valence-corrected chi connectivity index (χ2v) is 3.21. The summed E-state index contributed by atoms with van der Waals surface area (Å²) in [5.74, 6) is 0.546. The summed E-state index contributed by atoms with van der Waals surface area (Å²) < 4.78 is 0. The molecule has 0 bridgehead atoms. The minimum Gasteiger partial charge on any atom is -0.384 e. The highest BCUT2D eigenvalue weighted by atomic mass is 15.5. The molecule has 3 heteroatoms. The Kier molecular flexibility index (Phi) is 1.37. The van der Waals surface area contributed by atoms with Gasteiger partial charge in [-0.1, -0.05) is 0 Å². The molecule has 0 saturated carbocycles. The summed E-state index contributed by atoms with van der Waals surface area (Å²) in [6.07, 6.45) is 6.21. The molecule has 2 rings (SSSR count). The monoisotopic (exact) mass is 151 g/mol. The van der Waals surface area contributed by atoms with E-state index in [0.29, 0.717) is 18.0 Å². The van der Waals surface area contributed by atoms with Crippen LogP contribution in [0.3, 0.4) is 0 Å². The summed E-state index contributed by atoms with van der Waals surface area (Å²) in [5.41, 5.74) is 0. The lowest BCUT2D eigenvalue weighted by molar-refractivity contribution is 0.247. The highest BCUT2D eigenvalue weighted by molar-refractivity contribution is 5.65. The first-order valence-corrected chi connectivity index (χ1v) is 3.98. The molecule has 0 saturated heterocycles. The van der Waals surface area contributed by atoms with Crippen LogP contribution < -0.4 is 5.32 Å². The molecule has 0 aromatic heterocycles. The SMILES string of the molecule is CC1[C@@H](C2C=CN2)C=NN1C. The van der Waals surface area contributed by atoms with Crippen molar-refractivity contribution >= 4 is 6.21 Å². The van der Waals surface area contributed by atoms with Crippen LogP contribution >= 0.6 is 0 Å². The topological polar surface area (TPSA) is 27.6 Å². The first kappa shape index (κ1) is 6.70. The summed E-state index contributed by atoms with van der Waals surface area (Å²) in [4.78, 5) is 0. The van der Waals surface area contributed by atoms with Crippen molar-refractivity contribution in [1.29, 1.82) is 0 Å². The van der Waals surface area contributed by atoms with Crippen molar-refractivity contribution in [1.82, 2.24) is 10.3 Å². The number of nitrogens with one attached hydrogen (secondary N) is 1. The maximum absolute atomic E-state index is 4.24. The Morgan fingerprint density at radius 2 is 2.27 bits per heavy atom. The first-order valence-electron chi connectivity index (χ1n) is 3.98. The molecule has 2 unspecified atom stereocenters. The zero-order valence-corrected chi connectivity index (χ0v) is 6.86. The van der Waals surface area contributed by atoms with E-state index in [4.69, 9.17) is 0 Å². The van der Waals surface area contributed by atoms with Crippen molar-refractivity contribution in [3.8, 4) is 0 Å². The van der Waals surface area contributed by atoms with Crippen LogP contribution in [-0.2, 0) is 0 Å². The molecule has 3 atom stereocenters. The molecule has 3 nitrogen and oxygen atoms in total. The number of hydrogen-bond donors (Lipinski definition) is 1. The molecule has 2 heterocycles. The van der Waals surface area contributed by atoms with E-state index >= 15 is 0 Å². The van der Waals surface area contributed by atoms with E-state index in [1.165, 1.54) is 0 Å². The molecule has 0 fully saturated rings. The van der Waals surface area contributed by atoms with Crippen molar-refractivity contribution < 1.29 is 0 Å². The first-order chi connectivity index (χ1) is 5.29. The van der Waals surface area contributed by atoms with Crippen LogP contribution in [0.1, 0.15) is 6.92 Å². The summed E-state index contributed by atoms with van der Waals surface area (Å²) in [6.45, 7) is 2.20. The number of rotatable bonds is 1. The molecule has 0 aromatic rings. The molecule has 2 aliphatic heterocycles. The fourth-order valence-electron chi connectivity index (χ4n) is 1.50. The van der Waals surface area contributed by atoms with Gasteiger partial charge in [-0.3, -0.25) is 5.01 Å². The van der Waals surface area contributed by atoms with Gasteiger partial charge < -0.3 is 5.32 Å². The normalized spacial score (nSPS) is 40.5. The summed E-state index contributed by atoms with van der Waals surface area (Å²) in [7, 11) is 2.02. The van der Waals surface area contributed by atoms with Gasteiger partial charge in [-0.05, 0) is 19.2 Å². The van der Waals surface area contributed by atoms with Crippen LogP contribution in [0.15, 0.2) is 17.4 Å². The second-order valence-electron chi connectivity index (χ2n) is 3.21. The van der Waals surface area contributed by atoms with E-state index in [9.17, 15) is 0 Å². The van der Waals surface area contributed by atoms with Crippen molar-refractivity contribution in [2.75, 3.05) is 7.05 Å². The van der Waals surface area contributed by atoms with Gasteiger partial charge in [0.1, 0.15) is 0 Å². The maximum Gasteiger partial charge on any atom is 0.0554 e. The fourth-order valence-corrected chi connectivity index (χ4v) is 1.50. The van der Waals surface area contributed by atoms with E-state index < -0.39 is 0 Å². The van der Waals surface area contributed by atoms with Gasteiger partial charge in [-0.15, -0.1) is 0 Å². The molecular formula is C8H13N3. The molecule has 0 spiro atoms. The highest BCUT2D eigenvalue weighted by Gasteiger charge is 2.31. The quantitative estimate of drug-likeness (QED) is 0.587. The minimum atomic E-state index is 0.513. The molecule has 2 aliphatic rings. The molecule has 0 amide bonds. The van der Waals surface area contributed by atoms with Gasteiger partial charge in [-0.25, -0.2) is 0 Å². The zero-order valence-electron chi connectivity index (χ0n) is 6.86. The van der Waals surface area contributed by atoms with Gasteiger partial charge in [0.05, 0.1) is 12.1 Å². The van der Waals surface area contributed by atoms with Gasteiger partial charge >= 0.3 is 0 Å². The summed E-state index contributed by atoms with van der Waals surface area (Å²) in [5, 5.41) is 9.49. The third-order valence-electron chi connectivity index (χ3n) is 2.57. The Balaban J connectivity index is 2.05. The Bertz CT molecular complexity index is 209. The Labute approximate surface area is 66.8 Å². The van der Waals surface area contributed by atoms with Crippen molar-refractivity contribution in [2.45, 2.75) is 19.0 Å². The number of nitrogens with zero attached hydrogens (tertiary/aromatic N) is 2. The predicted molar refractivity (Wildman–Crippen MR) is 45.3 cm³/mol. The number of hydrogen-bond acceptors (Lipinski definition) is 3. The molecule has 60 valence electrons. The Morgan fingerprint density at radius 3 is 2.64 bits per heavy atom. The van der Waals surface area contributed by atoms with Gasteiger partial charge in [0, 0.05) is 19.2 Å². The predicted octanol–water partition coefficient (Wildman–Crippen LogP) is 0.408. The molecule has 0 aromatic carbocycles. The standard InChI is InChI=1S/C8H13N3/c1-6-7(5-10-11(6)2)8-3-4-9-8/h3-9H,1-2H3/t6?,7-,8?/m0/s1. The second kappa shape index (κ2) is 2.26. The smallest absolute Gasteiger partial charge is 0.0554 e. The third kappa shape index (κ3) is 0.914. The van der Waals surface area contributed by atoms with Gasteiger partial charge in [-0.2, -0.15) is 5.10 Å². The molecule has 0 aliphatic carbocycles. The summed E-state index contributed by atoms with van der Waals surface area (Å²) in [6, 6.07) is 1.04. The summed E-state index contributed by atoms with van der Waals surface area (Å²) >= 11 is 0. The third-order valence-corrected chi connectivity index (χ3v) is 2.57. The average Bonchev–Trinajstić information content (AvgIpc) is 2.15. The Morgan fingerprint density at radius 1 is 1.55 bits per heavy atom. The minimum absolute atomic E-state index is 0.513. The zero-order chi connectivity index (χ0) is 7.84. The van der Waals surface area contributed by atoms with E-state index in [2.05, 4.69) is 23.4 Å². The van der Waals surface area contributed by atoms with Crippen LogP contribution in [0, 0.1) is 5.92 Å². The van der Waals surface area contributed by atoms with Crippen molar-refractivity contribution in [3.05, 3.63) is 12.3 Å².